The molecule has 0 spiro atoms. The maximum Gasteiger partial charge on any atom is 0.249 e. The molecule has 0 saturated heterocycles. The minimum absolute atomic E-state index is 0.0241. The van der Waals surface area contributed by atoms with E-state index in [0.717, 1.165) is 5.69 Å². The number of benzene rings is 2. The Bertz CT molecular complexity index is 1340. The quantitative estimate of drug-likeness (QED) is 0.206. The second kappa shape index (κ2) is 12.8. The third-order valence-electron chi connectivity index (χ3n) is 5.29. The number of carbonyl (C=O) groups excluding carboxylic acids is 1. The van der Waals surface area contributed by atoms with Crippen molar-refractivity contribution in [1.82, 2.24) is 20.3 Å². The zero-order valence-electron chi connectivity index (χ0n) is 19.8. The summed E-state index contributed by atoms with van der Waals surface area (Å²) in [5.41, 5.74) is 2.15. The average molecular weight is 524 g/mol. The number of nitrogens with one attached hydrogen (secondary N) is 2. The van der Waals surface area contributed by atoms with Gasteiger partial charge in [-0.25, -0.2) is 9.97 Å². The van der Waals surface area contributed by atoms with Gasteiger partial charge in [0.05, 0.1) is 28.2 Å². The molecule has 11 heteroatoms. The summed E-state index contributed by atoms with van der Waals surface area (Å²) in [6, 6.07) is 16.4. The summed E-state index contributed by atoms with van der Waals surface area (Å²) in [5, 5.41) is 25.4. The SMILES string of the molecule is O=C(NCCOc1cccc2ncnc(Nc3ccc(OCc4ccccn4)c(Cl)c3)c12)[C@@H](O)CCO. The lowest BCUT2D eigenvalue weighted by molar-refractivity contribution is -0.130. The van der Waals surface area contributed by atoms with Crippen LogP contribution in [0.25, 0.3) is 10.9 Å². The van der Waals surface area contributed by atoms with Crippen molar-refractivity contribution in [3.8, 4) is 11.5 Å². The zero-order valence-corrected chi connectivity index (χ0v) is 20.6. The monoisotopic (exact) mass is 523 g/mol. The second-order valence-electron chi connectivity index (χ2n) is 7.92. The maximum absolute atomic E-state index is 11.8. The number of rotatable bonds is 12. The first kappa shape index (κ1) is 26.1. The fourth-order valence-corrected chi connectivity index (χ4v) is 3.70. The van der Waals surface area contributed by atoms with Gasteiger partial charge in [-0.2, -0.15) is 0 Å². The molecule has 4 rings (SSSR count). The Morgan fingerprint density at radius 1 is 1.03 bits per heavy atom. The highest BCUT2D eigenvalue weighted by atomic mass is 35.5. The Kier molecular flexibility index (Phi) is 9.03. The van der Waals surface area contributed by atoms with Gasteiger partial charge in [-0.1, -0.05) is 23.7 Å². The number of halogens is 1. The number of hydrogen-bond acceptors (Lipinski definition) is 9. The third-order valence-corrected chi connectivity index (χ3v) is 5.58. The van der Waals surface area contributed by atoms with Crippen molar-refractivity contribution in [3.05, 3.63) is 77.8 Å². The van der Waals surface area contributed by atoms with Gasteiger partial charge in [0.25, 0.3) is 0 Å². The van der Waals surface area contributed by atoms with Gasteiger partial charge in [0.15, 0.2) is 0 Å². The molecule has 0 bridgehead atoms. The molecule has 1 atom stereocenters. The molecule has 0 aliphatic carbocycles. The predicted octanol–water partition coefficient (Wildman–Crippen LogP) is 3.24. The Morgan fingerprint density at radius 3 is 2.70 bits per heavy atom. The number of ether oxygens (including phenoxy) is 2. The normalized spacial score (nSPS) is 11.6. The number of aromatic nitrogens is 3. The van der Waals surface area contributed by atoms with Crippen LogP contribution >= 0.6 is 11.6 Å². The first-order valence-corrected chi connectivity index (χ1v) is 12.0. The van der Waals surface area contributed by atoms with Crippen LogP contribution in [-0.4, -0.2) is 56.9 Å². The van der Waals surface area contributed by atoms with Gasteiger partial charge in [0.2, 0.25) is 5.91 Å². The van der Waals surface area contributed by atoms with Gasteiger partial charge >= 0.3 is 0 Å². The van der Waals surface area contributed by atoms with Gasteiger partial charge in [-0.05, 0) is 42.5 Å². The fourth-order valence-electron chi connectivity index (χ4n) is 3.47. The van der Waals surface area contributed by atoms with Crippen LogP contribution in [0.4, 0.5) is 11.5 Å². The van der Waals surface area contributed by atoms with Crippen molar-refractivity contribution in [2.24, 2.45) is 0 Å². The Hall–Kier alpha value is -3.99. The molecule has 192 valence electrons. The lowest BCUT2D eigenvalue weighted by Crippen LogP contribution is -2.37. The number of hydrogen-bond donors (Lipinski definition) is 4. The van der Waals surface area contributed by atoms with Crippen molar-refractivity contribution in [3.63, 3.8) is 0 Å². The van der Waals surface area contributed by atoms with E-state index in [0.29, 0.717) is 45.5 Å². The van der Waals surface area contributed by atoms with Crippen molar-refractivity contribution >= 4 is 39.9 Å². The molecule has 2 aromatic carbocycles. The molecule has 10 nitrogen and oxygen atoms in total. The molecule has 0 aliphatic heterocycles. The Morgan fingerprint density at radius 2 is 1.92 bits per heavy atom. The molecule has 37 heavy (non-hydrogen) atoms. The third kappa shape index (κ3) is 7.04. The van der Waals surface area contributed by atoms with Gasteiger partial charge in [-0.3, -0.25) is 9.78 Å². The first-order chi connectivity index (χ1) is 18.0. The van der Waals surface area contributed by atoms with Gasteiger partial charge < -0.3 is 30.3 Å². The van der Waals surface area contributed by atoms with Crippen molar-refractivity contribution in [2.75, 3.05) is 25.1 Å². The number of aliphatic hydroxyl groups is 2. The number of amides is 1. The number of carbonyl (C=O) groups is 1. The highest BCUT2D eigenvalue weighted by molar-refractivity contribution is 6.32. The van der Waals surface area contributed by atoms with E-state index in [9.17, 15) is 9.90 Å². The van der Waals surface area contributed by atoms with E-state index in [-0.39, 0.29) is 26.2 Å². The van der Waals surface area contributed by atoms with Crippen LogP contribution in [0.3, 0.4) is 0 Å². The van der Waals surface area contributed by atoms with E-state index in [2.05, 4.69) is 25.6 Å². The second-order valence-corrected chi connectivity index (χ2v) is 8.33. The Balaban J connectivity index is 1.44. The van der Waals surface area contributed by atoms with Crippen LogP contribution < -0.4 is 20.1 Å². The van der Waals surface area contributed by atoms with Crippen LogP contribution in [-0.2, 0) is 11.4 Å². The summed E-state index contributed by atoms with van der Waals surface area (Å²) in [6.45, 7) is 0.345. The number of pyridine rings is 1. The van der Waals surface area contributed by atoms with E-state index in [1.54, 1.807) is 24.4 Å². The number of fused-ring (bicyclic) bond motifs is 1. The molecule has 0 fully saturated rings. The van der Waals surface area contributed by atoms with Crippen molar-refractivity contribution in [1.29, 1.82) is 0 Å². The van der Waals surface area contributed by atoms with E-state index >= 15 is 0 Å². The minimum atomic E-state index is -1.26. The summed E-state index contributed by atoms with van der Waals surface area (Å²) in [5.74, 6) is 1.000. The van der Waals surface area contributed by atoms with Crippen molar-refractivity contribution in [2.45, 2.75) is 19.1 Å². The topological polar surface area (TPSA) is 139 Å². The highest BCUT2D eigenvalue weighted by Gasteiger charge is 2.14. The van der Waals surface area contributed by atoms with Gasteiger partial charge in [0.1, 0.15) is 43.0 Å². The van der Waals surface area contributed by atoms with Crippen LogP contribution in [0.5, 0.6) is 11.5 Å². The fraction of sp³-hybridized carbons (Fsp3) is 0.231. The number of nitrogens with zero attached hydrogens (tertiary/aromatic N) is 3. The smallest absolute Gasteiger partial charge is 0.249 e. The molecule has 1 amide bonds. The maximum atomic E-state index is 11.8. The lowest BCUT2D eigenvalue weighted by atomic mass is 10.2. The summed E-state index contributed by atoms with van der Waals surface area (Å²) >= 11 is 6.45. The number of aliphatic hydroxyl groups excluding tert-OH is 2. The zero-order chi connectivity index (χ0) is 26.0. The summed E-state index contributed by atoms with van der Waals surface area (Å²) in [6.07, 6.45) is 1.87. The standard InChI is InChI=1S/C26H26ClN5O5/c27-19-14-17(7-8-22(19)37-15-18-4-1-2-10-28-18)32-25-24-20(30-16-31-25)5-3-6-23(24)36-13-11-29-26(35)21(34)9-12-33/h1-8,10,14,16,21,33-34H,9,11-13,15H2,(H,29,35)(H,30,31,32)/t21-/m0/s1. The summed E-state index contributed by atoms with van der Waals surface area (Å²) < 4.78 is 11.7. The Labute approximate surface area is 218 Å². The van der Waals surface area contributed by atoms with E-state index in [1.165, 1.54) is 6.33 Å². The molecule has 0 saturated carbocycles. The minimum Gasteiger partial charge on any atom is -0.491 e. The number of anilines is 2. The van der Waals surface area contributed by atoms with Gasteiger partial charge in [0, 0.05) is 24.9 Å². The average Bonchev–Trinajstić information content (AvgIpc) is 2.91. The molecule has 2 heterocycles. The van der Waals surface area contributed by atoms with Crippen LogP contribution in [0.2, 0.25) is 5.02 Å². The molecular weight excluding hydrogens is 498 g/mol. The molecule has 0 radical (unpaired) electrons. The van der Waals surface area contributed by atoms with E-state index in [1.807, 2.05) is 36.4 Å². The molecule has 0 unspecified atom stereocenters. The molecular formula is C26H26ClN5O5. The highest BCUT2D eigenvalue weighted by Crippen LogP contribution is 2.34. The van der Waals surface area contributed by atoms with Crippen LogP contribution in [0, 0.1) is 0 Å². The van der Waals surface area contributed by atoms with E-state index in [4.69, 9.17) is 26.2 Å². The molecule has 4 N–H and O–H groups in total. The lowest BCUT2D eigenvalue weighted by Gasteiger charge is -2.15. The molecule has 2 aromatic heterocycles. The summed E-state index contributed by atoms with van der Waals surface area (Å²) in [7, 11) is 0. The molecule has 4 aromatic rings. The van der Waals surface area contributed by atoms with Crippen LogP contribution in [0.1, 0.15) is 12.1 Å². The van der Waals surface area contributed by atoms with Gasteiger partial charge in [-0.15, -0.1) is 0 Å². The first-order valence-electron chi connectivity index (χ1n) is 11.6. The van der Waals surface area contributed by atoms with Crippen LogP contribution in [0.15, 0.2) is 67.1 Å². The molecule has 0 aliphatic rings. The predicted molar refractivity (Wildman–Crippen MR) is 139 cm³/mol. The summed E-state index contributed by atoms with van der Waals surface area (Å²) in [4.78, 5) is 24.7. The largest absolute Gasteiger partial charge is 0.491 e. The van der Waals surface area contributed by atoms with E-state index < -0.39 is 12.0 Å². The van der Waals surface area contributed by atoms with Crippen molar-refractivity contribution < 1.29 is 24.5 Å².